The quantitative estimate of drug-likeness (QED) is 0.136. The summed E-state index contributed by atoms with van der Waals surface area (Å²) in [6, 6.07) is -0.0292. The van der Waals surface area contributed by atoms with E-state index in [1.807, 2.05) is 0 Å². The molecule has 1 aliphatic rings. The molecule has 0 aliphatic heterocycles. The number of H-pyrrole nitrogens is 1. The molecular weight excluding hydrogens is 564 g/mol. The lowest BCUT2D eigenvalue weighted by molar-refractivity contribution is -0.323. The number of ether oxygens (including phenoxy) is 2. The maximum absolute atomic E-state index is 13.1. The number of nitrogens with zero attached hydrogens (tertiary/aromatic N) is 8. The first-order chi connectivity index (χ1) is 20.7. The number of nitrogens with one attached hydrogen (secondary N) is 2. The standard InChI is InChI=1S/C26H30N10O7/c1-42-13-21(38)36(20-12-27-18(10-28-20)14-7-30-25(43-2)31-8-14)16-5-3-15(4-6-16)33-24-29-9-17(26(39,40)41)22(34-24)23-19(37)11-32-35-23/h7-12,15-16,37,39-41H,3-6,13H2,1-2H3,(H,32,35)(H,29,33,34). The molecule has 0 radical (unpaired) electrons. The van der Waals surface area contributed by atoms with Crippen LogP contribution in [-0.4, -0.2) is 99.3 Å². The van der Waals surface area contributed by atoms with Gasteiger partial charge in [-0.25, -0.2) is 24.9 Å². The van der Waals surface area contributed by atoms with E-state index >= 15 is 0 Å². The third-order valence-electron chi connectivity index (χ3n) is 6.93. The Morgan fingerprint density at radius 2 is 1.74 bits per heavy atom. The van der Waals surface area contributed by atoms with E-state index < -0.39 is 11.5 Å². The molecule has 0 aromatic carbocycles. The predicted molar refractivity (Wildman–Crippen MR) is 148 cm³/mol. The second-order valence-electron chi connectivity index (χ2n) is 9.79. The van der Waals surface area contributed by atoms with Crippen LogP contribution in [0.2, 0.25) is 0 Å². The molecule has 1 saturated carbocycles. The van der Waals surface area contributed by atoms with Gasteiger partial charge in [0.1, 0.15) is 18.0 Å². The number of anilines is 2. The SMILES string of the molecule is COCC(=O)N(c1cnc(-c2cnc(OC)nc2)cn1)C1CCC(Nc2ncc(C(O)(O)O)c(-c3[nH]ncc3O)n2)CC1. The van der Waals surface area contributed by atoms with Crippen LogP contribution in [0.25, 0.3) is 22.6 Å². The van der Waals surface area contributed by atoms with Gasteiger partial charge in [-0.3, -0.25) is 19.8 Å². The normalized spacial score (nSPS) is 17.0. The van der Waals surface area contributed by atoms with Gasteiger partial charge in [0, 0.05) is 43.3 Å². The van der Waals surface area contributed by atoms with Crippen molar-refractivity contribution in [3.8, 4) is 34.4 Å². The van der Waals surface area contributed by atoms with Crippen LogP contribution < -0.4 is 15.0 Å². The summed E-state index contributed by atoms with van der Waals surface area (Å²) < 4.78 is 10.1. The maximum Gasteiger partial charge on any atom is 0.316 e. The van der Waals surface area contributed by atoms with Gasteiger partial charge >= 0.3 is 12.0 Å². The Morgan fingerprint density at radius 1 is 1.00 bits per heavy atom. The smallest absolute Gasteiger partial charge is 0.316 e. The van der Waals surface area contributed by atoms with Crippen molar-refractivity contribution in [3.63, 3.8) is 0 Å². The largest absolute Gasteiger partial charge is 0.504 e. The Balaban J connectivity index is 1.29. The van der Waals surface area contributed by atoms with Gasteiger partial charge in [0.15, 0.2) is 11.6 Å². The van der Waals surface area contributed by atoms with Crippen LogP contribution in [0.15, 0.2) is 37.2 Å². The van der Waals surface area contributed by atoms with Gasteiger partial charge in [-0.05, 0) is 25.7 Å². The molecule has 4 heterocycles. The van der Waals surface area contributed by atoms with E-state index in [9.17, 15) is 25.2 Å². The van der Waals surface area contributed by atoms with E-state index in [1.165, 1.54) is 20.4 Å². The first-order valence-corrected chi connectivity index (χ1v) is 13.2. The summed E-state index contributed by atoms with van der Waals surface area (Å²) in [7, 11) is 2.93. The molecule has 0 unspecified atom stereocenters. The first kappa shape index (κ1) is 29.6. The molecule has 4 aromatic heterocycles. The van der Waals surface area contributed by atoms with Crippen molar-refractivity contribution in [1.29, 1.82) is 0 Å². The number of aliphatic hydroxyl groups is 3. The number of hydrogen-bond acceptors (Lipinski definition) is 15. The highest BCUT2D eigenvalue weighted by Gasteiger charge is 2.33. The number of aromatic hydroxyl groups is 1. The van der Waals surface area contributed by atoms with Crippen LogP contribution in [0.3, 0.4) is 0 Å². The average Bonchev–Trinajstić information content (AvgIpc) is 3.44. The second kappa shape index (κ2) is 12.6. The lowest BCUT2D eigenvalue weighted by atomic mass is 9.90. The zero-order valence-corrected chi connectivity index (χ0v) is 23.2. The Morgan fingerprint density at radius 3 is 2.33 bits per heavy atom. The minimum Gasteiger partial charge on any atom is -0.504 e. The Kier molecular flexibility index (Phi) is 8.67. The summed E-state index contributed by atoms with van der Waals surface area (Å²) in [4.78, 5) is 40.2. The molecular formula is C26H30N10O7. The van der Waals surface area contributed by atoms with Crippen LogP contribution in [-0.2, 0) is 15.5 Å². The molecule has 1 amide bonds. The van der Waals surface area contributed by atoms with Gasteiger partial charge in [-0.2, -0.15) is 5.10 Å². The molecule has 17 heteroatoms. The molecule has 17 nitrogen and oxygen atoms in total. The predicted octanol–water partition coefficient (Wildman–Crippen LogP) is 0.318. The molecule has 226 valence electrons. The average molecular weight is 595 g/mol. The van der Waals surface area contributed by atoms with E-state index in [4.69, 9.17) is 9.47 Å². The highest BCUT2D eigenvalue weighted by molar-refractivity contribution is 5.94. The molecule has 0 spiro atoms. The summed E-state index contributed by atoms with van der Waals surface area (Å²) in [5, 5.41) is 48.8. The summed E-state index contributed by atoms with van der Waals surface area (Å²) in [6.45, 7) is -0.126. The number of amides is 1. The summed E-state index contributed by atoms with van der Waals surface area (Å²) in [5.41, 5.74) is 0.566. The number of carbonyl (C=O) groups is 1. The molecule has 6 N–H and O–H groups in total. The van der Waals surface area contributed by atoms with Crippen molar-refractivity contribution >= 4 is 17.7 Å². The van der Waals surface area contributed by atoms with Gasteiger partial charge in [0.05, 0.1) is 37.0 Å². The van der Waals surface area contributed by atoms with Crippen molar-refractivity contribution in [2.45, 2.75) is 43.7 Å². The van der Waals surface area contributed by atoms with E-state index in [-0.39, 0.29) is 53.7 Å². The fourth-order valence-electron chi connectivity index (χ4n) is 4.86. The van der Waals surface area contributed by atoms with E-state index in [2.05, 4.69) is 45.4 Å². The molecule has 5 rings (SSSR count). The first-order valence-electron chi connectivity index (χ1n) is 13.2. The number of rotatable bonds is 10. The molecule has 1 fully saturated rings. The Hall–Kier alpha value is -4.84. The maximum atomic E-state index is 13.1. The topological polar surface area (TPSA) is 238 Å². The third-order valence-corrected chi connectivity index (χ3v) is 6.93. The number of methoxy groups -OCH3 is 2. The van der Waals surface area contributed by atoms with Crippen LogP contribution in [0.1, 0.15) is 31.2 Å². The molecule has 0 bridgehead atoms. The molecule has 4 aromatic rings. The summed E-state index contributed by atoms with van der Waals surface area (Å²) in [5.74, 6) is -3.27. The van der Waals surface area contributed by atoms with Gasteiger partial charge < -0.3 is 35.2 Å². The van der Waals surface area contributed by atoms with E-state index in [0.717, 1.165) is 12.4 Å². The second-order valence-corrected chi connectivity index (χ2v) is 9.79. The van der Waals surface area contributed by atoms with Gasteiger partial charge in [0.2, 0.25) is 5.95 Å². The van der Waals surface area contributed by atoms with Gasteiger partial charge in [-0.1, -0.05) is 0 Å². The highest BCUT2D eigenvalue weighted by atomic mass is 16.7. The molecule has 1 aliphatic carbocycles. The van der Waals surface area contributed by atoms with Crippen LogP contribution in [0.5, 0.6) is 11.8 Å². The van der Waals surface area contributed by atoms with Crippen LogP contribution in [0, 0.1) is 0 Å². The van der Waals surface area contributed by atoms with Gasteiger partial charge in [0.25, 0.3) is 5.91 Å². The fraction of sp³-hybridized carbons (Fsp3) is 0.385. The lowest BCUT2D eigenvalue weighted by Gasteiger charge is -2.36. The van der Waals surface area contributed by atoms with Crippen molar-refractivity contribution in [3.05, 3.63) is 42.7 Å². The highest BCUT2D eigenvalue weighted by Crippen LogP contribution is 2.33. The number of carbonyl (C=O) groups excluding carboxylic acids is 1. The van der Waals surface area contributed by atoms with Crippen LogP contribution in [0.4, 0.5) is 11.8 Å². The van der Waals surface area contributed by atoms with E-state index in [0.29, 0.717) is 42.8 Å². The monoisotopic (exact) mass is 594 g/mol. The molecule has 0 saturated heterocycles. The molecule has 43 heavy (non-hydrogen) atoms. The van der Waals surface area contributed by atoms with Crippen molar-refractivity contribution in [2.24, 2.45) is 0 Å². The zero-order chi connectivity index (χ0) is 30.6. The number of aromatic amines is 1. The van der Waals surface area contributed by atoms with Crippen molar-refractivity contribution in [1.82, 2.24) is 40.1 Å². The van der Waals surface area contributed by atoms with E-state index in [1.54, 1.807) is 23.5 Å². The van der Waals surface area contributed by atoms with Crippen molar-refractivity contribution in [2.75, 3.05) is 31.0 Å². The van der Waals surface area contributed by atoms with Gasteiger partial charge in [-0.15, -0.1) is 0 Å². The van der Waals surface area contributed by atoms with Crippen LogP contribution >= 0.6 is 0 Å². The number of aromatic nitrogens is 8. The fourth-order valence-corrected chi connectivity index (χ4v) is 4.86. The Bertz CT molecular complexity index is 1540. The summed E-state index contributed by atoms with van der Waals surface area (Å²) >= 11 is 0. The number of hydrogen-bond donors (Lipinski definition) is 6. The van der Waals surface area contributed by atoms with Crippen molar-refractivity contribution < 1.29 is 34.7 Å². The zero-order valence-electron chi connectivity index (χ0n) is 23.2. The third kappa shape index (κ3) is 6.64. The minimum atomic E-state index is -3.24. The minimum absolute atomic E-state index is 0.0235. The summed E-state index contributed by atoms with van der Waals surface area (Å²) in [6.07, 6.45) is 10.9. The molecule has 0 atom stereocenters. The lowest BCUT2D eigenvalue weighted by Crippen LogP contribution is -2.46. The Labute approximate surface area is 244 Å².